The van der Waals surface area contributed by atoms with E-state index in [4.69, 9.17) is 4.74 Å². The summed E-state index contributed by atoms with van der Waals surface area (Å²) in [4.78, 5) is 2.75. The van der Waals surface area contributed by atoms with Crippen LogP contribution >= 0.6 is 0 Å². The average Bonchev–Trinajstić information content (AvgIpc) is 2.71. The minimum atomic E-state index is 0.517. The number of likely N-dealkylation sites (tertiary alicyclic amines) is 1. The van der Waals surface area contributed by atoms with Crippen LogP contribution < -0.4 is 5.32 Å². The summed E-state index contributed by atoms with van der Waals surface area (Å²) in [6, 6.07) is 0.800. The maximum absolute atomic E-state index is 5.17. The molecule has 1 N–H and O–H groups in total. The second-order valence-electron chi connectivity index (χ2n) is 7.05. The summed E-state index contributed by atoms with van der Waals surface area (Å²) >= 11 is 0. The smallest absolute Gasteiger partial charge is 0.0587 e. The molecule has 0 aromatic carbocycles. The van der Waals surface area contributed by atoms with Gasteiger partial charge in [0, 0.05) is 32.8 Å². The molecule has 0 radical (unpaired) electrons. The highest BCUT2D eigenvalue weighted by molar-refractivity contribution is 4.89. The highest BCUT2D eigenvalue weighted by Gasteiger charge is 2.35. The predicted molar refractivity (Wildman–Crippen MR) is 85.1 cm³/mol. The monoisotopic (exact) mass is 282 g/mol. The zero-order chi connectivity index (χ0) is 14.3. The molecule has 0 aromatic rings. The molecule has 1 heterocycles. The lowest BCUT2D eigenvalue weighted by atomic mass is 9.79. The van der Waals surface area contributed by atoms with Crippen molar-refractivity contribution in [1.29, 1.82) is 0 Å². The minimum Gasteiger partial charge on any atom is -0.383 e. The van der Waals surface area contributed by atoms with Gasteiger partial charge in [-0.25, -0.2) is 0 Å². The summed E-state index contributed by atoms with van der Waals surface area (Å²) < 4.78 is 5.17. The lowest BCUT2D eigenvalue weighted by Gasteiger charge is -2.38. The highest BCUT2D eigenvalue weighted by Crippen LogP contribution is 2.37. The molecule has 3 heteroatoms. The summed E-state index contributed by atoms with van der Waals surface area (Å²) in [5, 5.41) is 3.66. The first-order valence-electron chi connectivity index (χ1n) is 8.69. The molecule has 0 amide bonds. The van der Waals surface area contributed by atoms with Gasteiger partial charge in [0.2, 0.25) is 0 Å². The van der Waals surface area contributed by atoms with Gasteiger partial charge >= 0.3 is 0 Å². The van der Waals surface area contributed by atoms with Gasteiger partial charge in [0.15, 0.2) is 0 Å². The van der Waals surface area contributed by atoms with E-state index < -0.39 is 0 Å². The summed E-state index contributed by atoms with van der Waals surface area (Å²) in [5.74, 6) is 0. The number of rotatable bonds is 7. The average molecular weight is 282 g/mol. The van der Waals surface area contributed by atoms with Crippen molar-refractivity contribution in [2.24, 2.45) is 5.41 Å². The number of methoxy groups -OCH3 is 1. The molecule has 0 aromatic heterocycles. The van der Waals surface area contributed by atoms with Gasteiger partial charge in [-0.1, -0.05) is 25.7 Å². The fourth-order valence-corrected chi connectivity index (χ4v) is 4.06. The second kappa shape index (κ2) is 8.35. The molecule has 1 aliphatic carbocycles. The van der Waals surface area contributed by atoms with E-state index in [1.54, 1.807) is 7.11 Å². The van der Waals surface area contributed by atoms with Crippen LogP contribution in [0.1, 0.15) is 58.3 Å². The van der Waals surface area contributed by atoms with Gasteiger partial charge in [-0.3, -0.25) is 0 Å². The topological polar surface area (TPSA) is 24.5 Å². The lowest BCUT2D eigenvalue weighted by Crippen LogP contribution is -2.45. The Kier molecular flexibility index (Phi) is 6.79. The minimum absolute atomic E-state index is 0.517. The predicted octanol–water partition coefficient (Wildman–Crippen LogP) is 3.05. The third-order valence-corrected chi connectivity index (χ3v) is 5.38. The number of hydrogen-bond donors (Lipinski definition) is 1. The molecule has 1 aliphatic heterocycles. The van der Waals surface area contributed by atoms with Gasteiger partial charge in [0.25, 0.3) is 0 Å². The summed E-state index contributed by atoms with van der Waals surface area (Å²) in [7, 11) is 1.79. The number of nitrogens with one attached hydrogen (secondary N) is 1. The van der Waals surface area contributed by atoms with E-state index in [1.165, 1.54) is 71.0 Å². The Hall–Kier alpha value is -0.120. The van der Waals surface area contributed by atoms with E-state index in [2.05, 4.69) is 17.1 Å². The van der Waals surface area contributed by atoms with Crippen molar-refractivity contribution in [3.8, 4) is 0 Å². The Labute approximate surface area is 125 Å². The van der Waals surface area contributed by atoms with Gasteiger partial charge in [-0.15, -0.1) is 0 Å². The zero-order valence-electron chi connectivity index (χ0n) is 13.6. The standard InChI is InChI=1S/C17H34N2O/c1-16-8-7-12-19(16)15-17(14-18-11-13-20-2)9-5-3-4-6-10-17/h16,18H,3-15H2,1-2H3. The quantitative estimate of drug-likeness (QED) is 0.574. The molecule has 2 rings (SSSR count). The Balaban J connectivity index is 1.91. The van der Waals surface area contributed by atoms with Crippen LogP contribution in [0.15, 0.2) is 0 Å². The molecule has 0 spiro atoms. The van der Waals surface area contributed by atoms with Crippen molar-refractivity contribution in [2.75, 3.05) is 39.9 Å². The van der Waals surface area contributed by atoms with Gasteiger partial charge in [0.05, 0.1) is 6.61 Å². The first-order chi connectivity index (χ1) is 9.76. The van der Waals surface area contributed by atoms with Gasteiger partial charge in [-0.05, 0) is 44.6 Å². The molecule has 118 valence electrons. The maximum Gasteiger partial charge on any atom is 0.0587 e. The van der Waals surface area contributed by atoms with E-state index in [0.717, 1.165) is 19.2 Å². The number of ether oxygens (including phenoxy) is 1. The Bertz CT molecular complexity index is 262. The second-order valence-corrected chi connectivity index (χ2v) is 7.05. The van der Waals surface area contributed by atoms with Gasteiger partial charge in [0.1, 0.15) is 0 Å². The molecule has 1 unspecified atom stereocenters. The third-order valence-electron chi connectivity index (χ3n) is 5.38. The van der Waals surface area contributed by atoms with Crippen LogP contribution in [0.5, 0.6) is 0 Å². The molecule has 1 saturated carbocycles. The SMILES string of the molecule is COCCNCC1(CN2CCCC2C)CCCCCC1. The fraction of sp³-hybridized carbons (Fsp3) is 1.00. The maximum atomic E-state index is 5.17. The Morgan fingerprint density at radius 2 is 1.90 bits per heavy atom. The van der Waals surface area contributed by atoms with E-state index in [9.17, 15) is 0 Å². The van der Waals surface area contributed by atoms with Crippen molar-refractivity contribution in [3.05, 3.63) is 0 Å². The zero-order valence-corrected chi connectivity index (χ0v) is 13.6. The van der Waals surface area contributed by atoms with Crippen LogP contribution in [-0.2, 0) is 4.74 Å². The van der Waals surface area contributed by atoms with Crippen molar-refractivity contribution in [3.63, 3.8) is 0 Å². The largest absolute Gasteiger partial charge is 0.383 e. The van der Waals surface area contributed by atoms with Crippen LogP contribution in [0.2, 0.25) is 0 Å². The van der Waals surface area contributed by atoms with Crippen LogP contribution in [0.25, 0.3) is 0 Å². The van der Waals surface area contributed by atoms with Gasteiger partial charge < -0.3 is 15.0 Å². The molecule has 0 bridgehead atoms. The molecule has 1 saturated heterocycles. The van der Waals surface area contributed by atoms with Crippen LogP contribution in [0.4, 0.5) is 0 Å². The lowest BCUT2D eigenvalue weighted by molar-refractivity contribution is 0.118. The normalized spacial score (nSPS) is 27.6. The van der Waals surface area contributed by atoms with Crippen molar-refractivity contribution in [1.82, 2.24) is 10.2 Å². The summed E-state index contributed by atoms with van der Waals surface area (Å²) in [5.41, 5.74) is 0.517. The molecule has 2 fully saturated rings. The number of hydrogen-bond acceptors (Lipinski definition) is 3. The van der Waals surface area contributed by atoms with E-state index in [0.29, 0.717) is 5.41 Å². The number of nitrogens with zero attached hydrogens (tertiary/aromatic N) is 1. The molecule has 1 atom stereocenters. The first kappa shape index (κ1) is 16.3. The van der Waals surface area contributed by atoms with Crippen molar-refractivity contribution in [2.45, 2.75) is 64.3 Å². The van der Waals surface area contributed by atoms with E-state index >= 15 is 0 Å². The third kappa shape index (κ3) is 4.71. The van der Waals surface area contributed by atoms with Crippen LogP contribution in [0.3, 0.4) is 0 Å². The molecular formula is C17H34N2O. The van der Waals surface area contributed by atoms with Crippen molar-refractivity contribution >= 4 is 0 Å². The molecule has 2 aliphatic rings. The first-order valence-corrected chi connectivity index (χ1v) is 8.69. The highest BCUT2D eigenvalue weighted by atomic mass is 16.5. The summed E-state index contributed by atoms with van der Waals surface area (Å²) in [6.45, 7) is 8.05. The molecule has 20 heavy (non-hydrogen) atoms. The Morgan fingerprint density at radius 1 is 1.15 bits per heavy atom. The molecular weight excluding hydrogens is 248 g/mol. The molecule has 3 nitrogen and oxygen atoms in total. The summed E-state index contributed by atoms with van der Waals surface area (Å²) in [6.07, 6.45) is 11.3. The van der Waals surface area contributed by atoms with Crippen LogP contribution in [-0.4, -0.2) is 50.8 Å². The Morgan fingerprint density at radius 3 is 2.50 bits per heavy atom. The van der Waals surface area contributed by atoms with Crippen LogP contribution in [0, 0.1) is 5.41 Å². The van der Waals surface area contributed by atoms with E-state index in [-0.39, 0.29) is 0 Å². The van der Waals surface area contributed by atoms with E-state index in [1.807, 2.05) is 0 Å². The van der Waals surface area contributed by atoms with Crippen molar-refractivity contribution < 1.29 is 4.74 Å². The fourth-order valence-electron chi connectivity index (χ4n) is 4.06. The van der Waals surface area contributed by atoms with Gasteiger partial charge in [-0.2, -0.15) is 0 Å².